The Hall–Kier alpha value is -1.34. The fraction of sp³-hybridized carbons (Fsp3) is 0.385. The second-order valence-corrected chi connectivity index (χ2v) is 4.89. The molecule has 17 heavy (non-hydrogen) atoms. The van der Waals surface area contributed by atoms with Crippen LogP contribution in [0, 0.1) is 24.2 Å². The zero-order valence-corrected chi connectivity index (χ0v) is 11.5. The van der Waals surface area contributed by atoms with Gasteiger partial charge in [0.05, 0.1) is 6.07 Å². The van der Waals surface area contributed by atoms with E-state index in [-0.39, 0.29) is 5.91 Å². The Morgan fingerprint density at radius 1 is 1.53 bits per heavy atom. The van der Waals surface area contributed by atoms with Crippen molar-refractivity contribution in [2.24, 2.45) is 5.92 Å². The molecule has 1 unspecified atom stereocenters. The summed E-state index contributed by atoms with van der Waals surface area (Å²) >= 11 is 3.37. The number of anilines is 1. The molecule has 0 radical (unpaired) electrons. The lowest BCUT2D eigenvalue weighted by atomic mass is 10.0. The lowest BCUT2D eigenvalue weighted by Gasteiger charge is -2.10. The first kappa shape index (κ1) is 13.7. The number of carbonyl (C=O) groups excluding carboxylic acids is 1. The predicted octanol–water partition coefficient (Wildman–Crippen LogP) is 3.64. The van der Waals surface area contributed by atoms with Crippen LogP contribution in [0.4, 0.5) is 5.69 Å². The first-order valence-electron chi connectivity index (χ1n) is 5.54. The maximum absolute atomic E-state index is 11.8. The Kier molecular flexibility index (Phi) is 5.17. The zero-order valence-electron chi connectivity index (χ0n) is 9.96. The van der Waals surface area contributed by atoms with Gasteiger partial charge in [0.25, 0.3) is 0 Å². The summed E-state index contributed by atoms with van der Waals surface area (Å²) in [5.74, 6) is -0.800. The minimum atomic E-state index is -0.570. The summed E-state index contributed by atoms with van der Waals surface area (Å²) in [7, 11) is 0. The molecule has 1 rings (SSSR count). The second-order valence-electron chi connectivity index (χ2n) is 3.98. The highest BCUT2D eigenvalue weighted by Gasteiger charge is 2.16. The zero-order chi connectivity index (χ0) is 12.8. The molecule has 0 fully saturated rings. The fourth-order valence-electron chi connectivity index (χ4n) is 1.58. The van der Waals surface area contributed by atoms with Crippen LogP contribution >= 0.6 is 15.9 Å². The van der Waals surface area contributed by atoms with E-state index >= 15 is 0 Å². The van der Waals surface area contributed by atoms with Gasteiger partial charge in [-0.15, -0.1) is 0 Å². The Labute approximate surface area is 110 Å². The molecule has 0 aliphatic heterocycles. The number of rotatable bonds is 4. The second kappa shape index (κ2) is 6.41. The van der Waals surface area contributed by atoms with Gasteiger partial charge < -0.3 is 5.32 Å². The van der Waals surface area contributed by atoms with Crippen molar-refractivity contribution < 1.29 is 4.79 Å². The van der Waals surface area contributed by atoms with E-state index in [1.165, 1.54) is 0 Å². The fourth-order valence-corrected chi connectivity index (χ4v) is 2.19. The highest BCUT2D eigenvalue weighted by molar-refractivity contribution is 9.10. The first-order chi connectivity index (χ1) is 8.06. The van der Waals surface area contributed by atoms with Crippen LogP contribution in [0.2, 0.25) is 0 Å². The number of nitriles is 1. The minimum Gasteiger partial charge on any atom is -0.325 e. The minimum absolute atomic E-state index is 0.230. The van der Waals surface area contributed by atoms with Gasteiger partial charge in [0.15, 0.2) is 0 Å². The molecular formula is C13H15BrN2O. The van der Waals surface area contributed by atoms with Crippen molar-refractivity contribution >= 4 is 27.5 Å². The number of hydrogen-bond acceptors (Lipinski definition) is 2. The normalized spacial score (nSPS) is 11.6. The molecule has 1 amide bonds. The average molecular weight is 295 g/mol. The Morgan fingerprint density at radius 2 is 2.24 bits per heavy atom. The highest BCUT2D eigenvalue weighted by atomic mass is 79.9. The largest absolute Gasteiger partial charge is 0.325 e. The van der Waals surface area contributed by atoms with E-state index in [1.54, 1.807) is 0 Å². The molecule has 3 nitrogen and oxygen atoms in total. The monoisotopic (exact) mass is 294 g/mol. The Balaban J connectivity index is 2.77. The van der Waals surface area contributed by atoms with Crippen molar-refractivity contribution in [3.8, 4) is 6.07 Å². The molecular weight excluding hydrogens is 280 g/mol. The van der Waals surface area contributed by atoms with Crippen molar-refractivity contribution in [1.29, 1.82) is 5.26 Å². The standard InChI is InChI=1S/C13H15BrN2O/c1-3-4-10(8-15)13(17)16-12-6-9(2)5-11(14)7-12/h5-7,10H,3-4H2,1-2H3,(H,16,17). The summed E-state index contributed by atoms with van der Waals surface area (Å²) in [6.45, 7) is 3.91. The van der Waals surface area contributed by atoms with Crippen LogP contribution in [0.5, 0.6) is 0 Å². The van der Waals surface area contributed by atoms with E-state index in [0.717, 1.165) is 22.1 Å². The first-order valence-corrected chi connectivity index (χ1v) is 6.33. The average Bonchev–Trinajstić information content (AvgIpc) is 2.24. The van der Waals surface area contributed by atoms with Crippen molar-refractivity contribution in [1.82, 2.24) is 0 Å². The highest BCUT2D eigenvalue weighted by Crippen LogP contribution is 2.20. The molecule has 0 heterocycles. The number of benzene rings is 1. The molecule has 1 aromatic rings. The number of amides is 1. The third kappa shape index (κ3) is 4.20. The summed E-state index contributed by atoms with van der Waals surface area (Å²) in [5.41, 5.74) is 1.77. The maximum Gasteiger partial charge on any atom is 0.241 e. The molecule has 90 valence electrons. The maximum atomic E-state index is 11.8. The van der Waals surface area contributed by atoms with Gasteiger partial charge in [-0.25, -0.2) is 0 Å². The van der Waals surface area contributed by atoms with Gasteiger partial charge in [0.1, 0.15) is 5.92 Å². The van der Waals surface area contributed by atoms with Crippen LogP contribution in [0.1, 0.15) is 25.3 Å². The molecule has 0 spiro atoms. The summed E-state index contributed by atoms with van der Waals surface area (Å²) in [6.07, 6.45) is 1.42. The van der Waals surface area contributed by atoms with Crippen LogP contribution in [0.3, 0.4) is 0 Å². The molecule has 0 aromatic heterocycles. The molecule has 0 aliphatic rings. The third-order valence-electron chi connectivity index (χ3n) is 2.36. The van der Waals surface area contributed by atoms with Gasteiger partial charge in [-0.05, 0) is 37.1 Å². The molecule has 1 atom stereocenters. The van der Waals surface area contributed by atoms with Gasteiger partial charge >= 0.3 is 0 Å². The SMILES string of the molecule is CCCC(C#N)C(=O)Nc1cc(C)cc(Br)c1. The summed E-state index contributed by atoms with van der Waals surface area (Å²) in [5, 5.41) is 11.7. The van der Waals surface area contributed by atoms with Gasteiger partial charge in [-0.1, -0.05) is 29.3 Å². The lowest BCUT2D eigenvalue weighted by molar-refractivity contribution is -0.118. The summed E-state index contributed by atoms with van der Waals surface area (Å²) in [4.78, 5) is 11.8. The van der Waals surface area contributed by atoms with Crippen LogP contribution in [-0.4, -0.2) is 5.91 Å². The van der Waals surface area contributed by atoms with Gasteiger partial charge in [-0.3, -0.25) is 4.79 Å². The quantitative estimate of drug-likeness (QED) is 0.922. The molecule has 0 saturated heterocycles. The van der Waals surface area contributed by atoms with Crippen LogP contribution < -0.4 is 5.32 Å². The van der Waals surface area contributed by atoms with E-state index in [9.17, 15) is 4.79 Å². The van der Waals surface area contributed by atoms with Crippen LogP contribution in [-0.2, 0) is 4.79 Å². The number of carbonyl (C=O) groups is 1. The van der Waals surface area contributed by atoms with Gasteiger partial charge in [0.2, 0.25) is 5.91 Å². The number of halogens is 1. The number of hydrogen-bond donors (Lipinski definition) is 1. The lowest BCUT2D eigenvalue weighted by Crippen LogP contribution is -2.21. The van der Waals surface area contributed by atoms with E-state index in [2.05, 4.69) is 21.2 Å². The number of aryl methyl sites for hydroxylation is 1. The molecule has 0 saturated carbocycles. The number of nitrogens with one attached hydrogen (secondary N) is 1. The molecule has 4 heteroatoms. The van der Waals surface area contributed by atoms with Gasteiger partial charge in [0, 0.05) is 10.2 Å². The van der Waals surface area contributed by atoms with Crippen molar-refractivity contribution in [3.05, 3.63) is 28.2 Å². The summed E-state index contributed by atoms with van der Waals surface area (Å²) < 4.78 is 0.914. The van der Waals surface area contributed by atoms with Crippen LogP contribution in [0.25, 0.3) is 0 Å². The topological polar surface area (TPSA) is 52.9 Å². The molecule has 1 aromatic carbocycles. The number of nitrogens with zero attached hydrogens (tertiary/aromatic N) is 1. The Morgan fingerprint density at radius 3 is 2.76 bits per heavy atom. The molecule has 0 bridgehead atoms. The predicted molar refractivity (Wildman–Crippen MR) is 71.5 cm³/mol. The van der Waals surface area contributed by atoms with Crippen LogP contribution in [0.15, 0.2) is 22.7 Å². The van der Waals surface area contributed by atoms with Crippen molar-refractivity contribution in [3.63, 3.8) is 0 Å². The smallest absolute Gasteiger partial charge is 0.241 e. The third-order valence-corrected chi connectivity index (χ3v) is 2.82. The summed E-state index contributed by atoms with van der Waals surface area (Å²) in [6, 6.07) is 7.69. The van der Waals surface area contributed by atoms with E-state index < -0.39 is 5.92 Å². The van der Waals surface area contributed by atoms with E-state index in [1.807, 2.05) is 38.1 Å². The van der Waals surface area contributed by atoms with E-state index in [4.69, 9.17) is 5.26 Å². The van der Waals surface area contributed by atoms with E-state index in [0.29, 0.717) is 6.42 Å². The Bertz CT molecular complexity index is 431. The van der Waals surface area contributed by atoms with Crippen molar-refractivity contribution in [2.75, 3.05) is 5.32 Å². The van der Waals surface area contributed by atoms with Crippen molar-refractivity contribution in [2.45, 2.75) is 26.7 Å². The molecule has 0 aliphatic carbocycles. The molecule has 1 N–H and O–H groups in total. The van der Waals surface area contributed by atoms with Gasteiger partial charge in [-0.2, -0.15) is 5.26 Å².